The number of hydrogen-bond donors (Lipinski definition) is 1. The molecular weight excluding hydrogens is 446 g/mol. The predicted octanol–water partition coefficient (Wildman–Crippen LogP) is 7.45. The van der Waals surface area contributed by atoms with E-state index in [-0.39, 0.29) is 18.5 Å². The van der Waals surface area contributed by atoms with Gasteiger partial charge in [-0.2, -0.15) is 0 Å². The summed E-state index contributed by atoms with van der Waals surface area (Å²) in [6, 6.07) is 34.5. The summed E-state index contributed by atoms with van der Waals surface area (Å²) in [6.45, 7) is 4.84. The van der Waals surface area contributed by atoms with Crippen LogP contribution in [0.2, 0.25) is 0 Å². The Labute approximate surface area is 213 Å². The Morgan fingerprint density at radius 2 is 1.50 bits per heavy atom. The predicted molar refractivity (Wildman–Crippen MR) is 145 cm³/mol. The molecule has 4 aromatic carbocycles. The smallest absolute Gasteiger partial charge is 0.305 e. The monoisotopic (exact) mass is 479 g/mol. The molecule has 4 rings (SSSR count). The number of rotatable bonds is 10. The molecule has 36 heavy (non-hydrogen) atoms. The highest BCUT2D eigenvalue weighted by Gasteiger charge is 2.28. The number of benzene rings is 4. The molecule has 0 bridgehead atoms. The first kappa shape index (κ1) is 25.2. The molecule has 0 fully saturated rings. The fourth-order valence-corrected chi connectivity index (χ4v) is 4.89. The fraction of sp³-hybridized carbons (Fsp3) is 0.219. The van der Waals surface area contributed by atoms with E-state index in [1.807, 2.05) is 60.7 Å². The third-order valence-electron chi connectivity index (χ3n) is 6.84. The van der Waals surface area contributed by atoms with Crippen molar-refractivity contribution in [3.8, 4) is 16.9 Å². The molecule has 1 N–H and O–H groups in total. The Morgan fingerprint density at radius 3 is 2.17 bits per heavy atom. The number of nitrogens with zero attached hydrogens (tertiary/aromatic N) is 1. The Balaban J connectivity index is 1.80. The van der Waals surface area contributed by atoms with E-state index in [4.69, 9.17) is 4.74 Å². The second-order valence-corrected chi connectivity index (χ2v) is 9.12. The van der Waals surface area contributed by atoms with Crippen molar-refractivity contribution < 1.29 is 14.6 Å². The lowest BCUT2D eigenvalue weighted by Gasteiger charge is -2.37. The van der Waals surface area contributed by atoms with Crippen LogP contribution >= 0.6 is 0 Å². The summed E-state index contributed by atoms with van der Waals surface area (Å²) in [6.07, 6.45) is 0.00452. The summed E-state index contributed by atoms with van der Waals surface area (Å²) in [7, 11) is 1.68. The van der Waals surface area contributed by atoms with Crippen molar-refractivity contribution in [2.75, 3.05) is 7.11 Å². The van der Waals surface area contributed by atoms with Crippen molar-refractivity contribution >= 4 is 5.97 Å². The molecular formula is C32H33NO3. The number of carbonyl (C=O) groups is 1. The van der Waals surface area contributed by atoms with Gasteiger partial charge in [-0.25, -0.2) is 0 Å². The van der Waals surface area contributed by atoms with Crippen LogP contribution in [0.4, 0.5) is 0 Å². The molecule has 4 aromatic rings. The highest BCUT2D eigenvalue weighted by molar-refractivity contribution is 5.71. The molecule has 0 unspecified atom stereocenters. The zero-order chi connectivity index (χ0) is 25.5. The minimum absolute atomic E-state index is 0.00452. The Hall–Kier alpha value is -3.89. The molecule has 0 radical (unpaired) electrons. The summed E-state index contributed by atoms with van der Waals surface area (Å²) >= 11 is 0. The standard InChI is InChI=1S/C32H33NO3/c1-23-29(18-11-19-31(23)36-3)27-16-10-17-28(20-27)30(21-32(34)35)33(22-25-12-6-4-7-13-25)24(2)26-14-8-5-9-15-26/h4-20,24,30H,21-22H2,1-3H3,(H,34,35)/t24-,30+/m1/s1. The van der Waals surface area contributed by atoms with Crippen LogP contribution in [-0.2, 0) is 11.3 Å². The highest BCUT2D eigenvalue weighted by atomic mass is 16.5. The van der Waals surface area contributed by atoms with Gasteiger partial charge in [0.2, 0.25) is 0 Å². The second-order valence-electron chi connectivity index (χ2n) is 9.12. The summed E-state index contributed by atoms with van der Waals surface area (Å²) in [5.74, 6) is 0.0182. The van der Waals surface area contributed by atoms with E-state index in [1.165, 1.54) is 0 Å². The zero-order valence-electron chi connectivity index (χ0n) is 21.1. The molecule has 2 atom stereocenters. The van der Waals surface area contributed by atoms with E-state index in [9.17, 15) is 9.90 Å². The van der Waals surface area contributed by atoms with Crippen molar-refractivity contribution in [2.24, 2.45) is 0 Å². The number of hydrogen-bond acceptors (Lipinski definition) is 3. The lowest BCUT2D eigenvalue weighted by atomic mass is 9.92. The minimum Gasteiger partial charge on any atom is -0.496 e. The van der Waals surface area contributed by atoms with Crippen LogP contribution in [0, 0.1) is 6.92 Å². The van der Waals surface area contributed by atoms with Crippen LogP contribution in [0.1, 0.15) is 47.7 Å². The van der Waals surface area contributed by atoms with Gasteiger partial charge in [-0.3, -0.25) is 9.69 Å². The van der Waals surface area contributed by atoms with Gasteiger partial charge < -0.3 is 9.84 Å². The van der Waals surface area contributed by atoms with Crippen LogP contribution in [0.5, 0.6) is 5.75 Å². The van der Waals surface area contributed by atoms with E-state index in [0.717, 1.165) is 39.1 Å². The van der Waals surface area contributed by atoms with Gasteiger partial charge in [-0.05, 0) is 59.4 Å². The quantitative estimate of drug-likeness (QED) is 0.257. The first-order chi connectivity index (χ1) is 17.5. The maximum Gasteiger partial charge on any atom is 0.305 e. The molecule has 0 aliphatic rings. The molecule has 4 heteroatoms. The van der Waals surface area contributed by atoms with Gasteiger partial charge in [0.25, 0.3) is 0 Å². The first-order valence-electron chi connectivity index (χ1n) is 12.3. The Bertz CT molecular complexity index is 1290. The Morgan fingerprint density at radius 1 is 0.861 bits per heavy atom. The zero-order valence-corrected chi connectivity index (χ0v) is 21.1. The van der Waals surface area contributed by atoms with Crippen molar-refractivity contribution in [1.29, 1.82) is 0 Å². The molecule has 0 spiro atoms. The van der Waals surface area contributed by atoms with Gasteiger partial charge >= 0.3 is 5.97 Å². The van der Waals surface area contributed by atoms with Crippen molar-refractivity contribution in [1.82, 2.24) is 4.90 Å². The average molecular weight is 480 g/mol. The van der Waals surface area contributed by atoms with E-state index >= 15 is 0 Å². The number of aliphatic carboxylic acids is 1. The lowest BCUT2D eigenvalue weighted by molar-refractivity contribution is -0.138. The summed E-state index contributed by atoms with van der Waals surface area (Å²) in [5.41, 5.74) is 6.47. The number of methoxy groups -OCH3 is 1. The van der Waals surface area contributed by atoms with Gasteiger partial charge in [0, 0.05) is 18.6 Å². The molecule has 0 saturated carbocycles. The van der Waals surface area contributed by atoms with E-state index in [0.29, 0.717) is 6.54 Å². The van der Waals surface area contributed by atoms with E-state index < -0.39 is 5.97 Å². The maximum absolute atomic E-state index is 12.1. The SMILES string of the molecule is COc1cccc(-c2cccc([C@H](CC(=O)O)N(Cc3ccccc3)[C@H](C)c3ccccc3)c2)c1C. The number of carboxylic acids is 1. The van der Waals surface area contributed by atoms with Gasteiger partial charge in [-0.15, -0.1) is 0 Å². The fourth-order valence-electron chi connectivity index (χ4n) is 4.89. The summed E-state index contributed by atoms with van der Waals surface area (Å²) in [5, 5.41) is 9.97. The van der Waals surface area contributed by atoms with Crippen molar-refractivity contribution in [3.05, 3.63) is 125 Å². The van der Waals surface area contributed by atoms with Crippen LogP contribution in [0.15, 0.2) is 103 Å². The van der Waals surface area contributed by atoms with Crippen LogP contribution < -0.4 is 4.74 Å². The van der Waals surface area contributed by atoms with Crippen molar-refractivity contribution in [3.63, 3.8) is 0 Å². The third kappa shape index (κ3) is 5.84. The second kappa shape index (κ2) is 11.7. The van der Waals surface area contributed by atoms with E-state index in [2.05, 4.69) is 61.2 Å². The van der Waals surface area contributed by atoms with Crippen LogP contribution in [0.3, 0.4) is 0 Å². The third-order valence-corrected chi connectivity index (χ3v) is 6.84. The molecule has 184 valence electrons. The molecule has 0 saturated heterocycles. The van der Waals surface area contributed by atoms with Crippen LogP contribution in [-0.4, -0.2) is 23.1 Å². The maximum atomic E-state index is 12.1. The largest absolute Gasteiger partial charge is 0.496 e. The minimum atomic E-state index is -0.818. The molecule has 0 aromatic heterocycles. The molecule has 0 aliphatic heterocycles. The van der Waals surface area contributed by atoms with Gasteiger partial charge in [-0.1, -0.05) is 91.0 Å². The number of ether oxygens (including phenoxy) is 1. The van der Waals surface area contributed by atoms with E-state index in [1.54, 1.807) is 7.11 Å². The number of carboxylic acid groups (broad SMARTS) is 1. The normalized spacial score (nSPS) is 12.8. The summed E-state index contributed by atoms with van der Waals surface area (Å²) in [4.78, 5) is 14.5. The first-order valence-corrected chi connectivity index (χ1v) is 12.3. The van der Waals surface area contributed by atoms with Gasteiger partial charge in [0.15, 0.2) is 0 Å². The van der Waals surface area contributed by atoms with Crippen molar-refractivity contribution in [2.45, 2.75) is 38.9 Å². The van der Waals surface area contributed by atoms with Gasteiger partial charge in [0.1, 0.15) is 5.75 Å². The Kier molecular flexibility index (Phi) is 8.19. The molecule has 0 heterocycles. The van der Waals surface area contributed by atoms with Crippen LogP contribution in [0.25, 0.3) is 11.1 Å². The lowest BCUT2D eigenvalue weighted by Crippen LogP contribution is -2.32. The molecule has 0 amide bonds. The highest BCUT2D eigenvalue weighted by Crippen LogP contribution is 2.37. The average Bonchev–Trinajstić information content (AvgIpc) is 2.91. The molecule has 4 nitrogen and oxygen atoms in total. The molecule has 0 aliphatic carbocycles. The van der Waals surface area contributed by atoms with Gasteiger partial charge in [0.05, 0.1) is 13.5 Å². The topological polar surface area (TPSA) is 49.8 Å². The summed E-state index contributed by atoms with van der Waals surface area (Å²) < 4.78 is 5.54.